The molecule has 0 saturated carbocycles. The second kappa shape index (κ2) is 6.60. The van der Waals surface area contributed by atoms with E-state index in [2.05, 4.69) is 0 Å². The molecule has 0 spiro atoms. The summed E-state index contributed by atoms with van der Waals surface area (Å²) in [5, 5.41) is 0. The molecule has 0 saturated heterocycles. The van der Waals surface area contributed by atoms with Crippen molar-refractivity contribution in [3.8, 4) is 0 Å². The largest absolute Gasteiger partial charge is 0.460 e. The maximum absolute atomic E-state index is 11.0. The molecule has 0 aromatic heterocycles. The lowest BCUT2D eigenvalue weighted by Crippen LogP contribution is -2.21. The van der Waals surface area contributed by atoms with E-state index >= 15 is 0 Å². The number of halogens is 1. The molecule has 0 atom stereocenters. The van der Waals surface area contributed by atoms with Gasteiger partial charge in [0.25, 0.3) is 0 Å². The number of hydrogen-bond acceptors (Lipinski definition) is 4. The summed E-state index contributed by atoms with van der Waals surface area (Å²) in [7, 11) is 3.52. The minimum absolute atomic E-state index is 0. The Balaban J connectivity index is 0. The molecule has 5 heteroatoms. The van der Waals surface area contributed by atoms with Gasteiger partial charge in [0.2, 0.25) is 0 Å². The van der Waals surface area contributed by atoms with Crippen molar-refractivity contribution in [3.63, 3.8) is 0 Å². The minimum Gasteiger partial charge on any atom is -0.460 e. The molecule has 0 fully saturated rings. The predicted octanol–water partition coefficient (Wildman–Crippen LogP) is 0.722. The van der Waals surface area contributed by atoms with Crippen LogP contribution in [0, 0.1) is 0 Å². The summed E-state index contributed by atoms with van der Waals surface area (Å²) >= 11 is 0. The lowest BCUT2D eigenvalue weighted by molar-refractivity contribution is -0.141. The van der Waals surface area contributed by atoms with Crippen molar-refractivity contribution in [2.24, 2.45) is 5.73 Å². The van der Waals surface area contributed by atoms with Gasteiger partial charge in [-0.25, -0.2) is 4.79 Å². The van der Waals surface area contributed by atoms with E-state index in [1.54, 1.807) is 32.8 Å². The number of rotatable bonds is 3. The number of esters is 1. The zero-order valence-electron chi connectivity index (χ0n) is 8.40. The van der Waals surface area contributed by atoms with E-state index in [0.29, 0.717) is 5.82 Å². The molecule has 0 rings (SSSR count). The van der Waals surface area contributed by atoms with Crippen molar-refractivity contribution in [1.82, 2.24) is 4.90 Å². The van der Waals surface area contributed by atoms with Crippen LogP contribution in [0.1, 0.15) is 13.8 Å². The molecule has 0 aliphatic rings. The predicted molar refractivity (Wildman–Crippen MR) is 54.4 cm³/mol. The van der Waals surface area contributed by atoms with Crippen LogP contribution in [0.15, 0.2) is 11.9 Å². The molecule has 0 bridgehead atoms. The van der Waals surface area contributed by atoms with Crippen LogP contribution >= 0.6 is 12.4 Å². The van der Waals surface area contributed by atoms with Gasteiger partial charge in [0.15, 0.2) is 0 Å². The van der Waals surface area contributed by atoms with Crippen molar-refractivity contribution >= 4 is 18.4 Å². The molecule has 13 heavy (non-hydrogen) atoms. The van der Waals surface area contributed by atoms with E-state index in [-0.39, 0.29) is 18.5 Å². The van der Waals surface area contributed by atoms with Gasteiger partial charge in [-0.15, -0.1) is 12.4 Å². The lowest BCUT2D eigenvalue weighted by Gasteiger charge is -2.12. The Labute approximate surface area is 85.1 Å². The fourth-order valence-corrected chi connectivity index (χ4v) is 0.516. The van der Waals surface area contributed by atoms with E-state index in [1.165, 1.54) is 6.08 Å². The summed E-state index contributed by atoms with van der Waals surface area (Å²) in [6.45, 7) is 3.58. The first-order valence-electron chi connectivity index (χ1n) is 3.78. The van der Waals surface area contributed by atoms with E-state index in [4.69, 9.17) is 10.5 Å². The number of carbonyl (C=O) groups excluding carboxylic acids is 1. The average Bonchev–Trinajstić information content (AvgIpc) is 1.84. The molecule has 0 aromatic rings. The second-order valence-electron chi connectivity index (χ2n) is 2.95. The summed E-state index contributed by atoms with van der Waals surface area (Å²) < 4.78 is 4.85. The van der Waals surface area contributed by atoms with Crippen LogP contribution in [0.3, 0.4) is 0 Å². The van der Waals surface area contributed by atoms with Crippen molar-refractivity contribution < 1.29 is 9.53 Å². The first-order valence-corrected chi connectivity index (χ1v) is 3.78. The lowest BCUT2D eigenvalue weighted by atomic mass is 10.4. The number of ether oxygens (including phenoxy) is 1. The molecule has 0 radical (unpaired) electrons. The molecule has 0 aliphatic heterocycles. The van der Waals surface area contributed by atoms with Crippen LogP contribution in [-0.2, 0) is 9.53 Å². The van der Waals surface area contributed by atoms with Gasteiger partial charge >= 0.3 is 5.97 Å². The van der Waals surface area contributed by atoms with E-state index < -0.39 is 5.97 Å². The quantitative estimate of drug-likeness (QED) is 0.549. The molecule has 0 unspecified atom stereocenters. The fraction of sp³-hybridized carbons (Fsp3) is 0.625. The van der Waals surface area contributed by atoms with Crippen molar-refractivity contribution in [2.45, 2.75) is 20.0 Å². The standard InChI is InChI=1S/C8H16N2O2.ClH/c1-6(2)12-8(11)5-7(9)10(3)4;/h5-6H,9H2,1-4H3;1H/b7-5-;. The highest BCUT2D eigenvalue weighted by molar-refractivity contribution is 5.85. The van der Waals surface area contributed by atoms with Crippen LogP contribution in [0.4, 0.5) is 0 Å². The molecule has 0 aliphatic carbocycles. The Morgan fingerprint density at radius 2 is 1.92 bits per heavy atom. The maximum Gasteiger partial charge on any atom is 0.334 e. The maximum atomic E-state index is 11.0. The van der Waals surface area contributed by atoms with Gasteiger partial charge in [-0.05, 0) is 13.8 Å². The van der Waals surface area contributed by atoms with E-state index in [9.17, 15) is 4.79 Å². The third-order valence-electron chi connectivity index (χ3n) is 1.13. The van der Waals surface area contributed by atoms with Gasteiger partial charge in [-0.2, -0.15) is 0 Å². The Morgan fingerprint density at radius 1 is 1.46 bits per heavy atom. The number of nitrogens with zero attached hydrogens (tertiary/aromatic N) is 1. The summed E-state index contributed by atoms with van der Waals surface area (Å²) in [5.41, 5.74) is 5.48. The number of carbonyl (C=O) groups is 1. The zero-order chi connectivity index (χ0) is 9.72. The number of hydrogen-bond donors (Lipinski definition) is 1. The van der Waals surface area contributed by atoms with Crippen molar-refractivity contribution in [1.29, 1.82) is 0 Å². The van der Waals surface area contributed by atoms with Gasteiger partial charge in [-0.3, -0.25) is 0 Å². The highest BCUT2D eigenvalue weighted by Crippen LogP contribution is 1.94. The fourth-order valence-electron chi connectivity index (χ4n) is 0.516. The van der Waals surface area contributed by atoms with E-state index in [0.717, 1.165) is 0 Å². The zero-order valence-corrected chi connectivity index (χ0v) is 9.22. The van der Waals surface area contributed by atoms with Crippen LogP contribution in [0.5, 0.6) is 0 Å². The molecule has 2 N–H and O–H groups in total. The van der Waals surface area contributed by atoms with Gasteiger partial charge in [-0.1, -0.05) is 0 Å². The average molecular weight is 209 g/mol. The highest BCUT2D eigenvalue weighted by atomic mass is 35.5. The summed E-state index contributed by atoms with van der Waals surface area (Å²) in [4.78, 5) is 12.6. The smallest absolute Gasteiger partial charge is 0.334 e. The minimum atomic E-state index is -0.406. The molecule has 0 amide bonds. The second-order valence-corrected chi connectivity index (χ2v) is 2.95. The Morgan fingerprint density at radius 3 is 2.23 bits per heavy atom. The molecule has 4 nitrogen and oxygen atoms in total. The first-order chi connectivity index (χ1) is 5.43. The van der Waals surface area contributed by atoms with Crippen LogP contribution in [0.25, 0.3) is 0 Å². The normalized spacial score (nSPS) is 10.7. The van der Waals surface area contributed by atoms with Gasteiger partial charge < -0.3 is 15.4 Å². The SMILES string of the molecule is CC(C)OC(=O)/C=C(/N)N(C)C.Cl. The molecular formula is C8H17ClN2O2. The van der Waals surface area contributed by atoms with E-state index in [1.807, 2.05) is 0 Å². The first kappa shape index (κ1) is 14.6. The van der Waals surface area contributed by atoms with Crippen LogP contribution in [0.2, 0.25) is 0 Å². The third kappa shape index (κ3) is 7.46. The Kier molecular flexibility index (Phi) is 7.42. The topological polar surface area (TPSA) is 55.6 Å². The monoisotopic (exact) mass is 208 g/mol. The van der Waals surface area contributed by atoms with Gasteiger partial charge in [0.05, 0.1) is 12.2 Å². The van der Waals surface area contributed by atoms with Crippen LogP contribution < -0.4 is 5.73 Å². The van der Waals surface area contributed by atoms with Crippen molar-refractivity contribution in [3.05, 3.63) is 11.9 Å². The summed E-state index contributed by atoms with van der Waals surface area (Å²) in [6, 6.07) is 0. The summed E-state index contributed by atoms with van der Waals surface area (Å²) in [6.07, 6.45) is 1.16. The molecule has 0 aromatic carbocycles. The summed E-state index contributed by atoms with van der Waals surface area (Å²) in [5.74, 6) is -0.0168. The van der Waals surface area contributed by atoms with Crippen LogP contribution in [-0.4, -0.2) is 31.1 Å². The van der Waals surface area contributed by atoms with Gasteiger partial charge in [0.1, 0.15) is 5.82 Å². The third-order valence-corrected chi connectivity index (χ3v) is 1.13. The molecular weight excluding hydrogens is 192 g/mol. The Hall–Kier alpha value is -0.900. The highest BCUT2D eigenvalue weighted by Gasteiger charge is 2.03. The van der Waals surface area contributed by atoms with Gasteiger partial charge in [0, 0.05) is 14.1 Å². The molecule has 78 valence electrons. The molecule has 0 heterocycles. The van der Waals surface area contributed by atoms with Crippen molar-refractivity contribution in [2.75, 3.05) is 14.1 Å². The Bertz CT molecular complexity index is 191. The number of nitrogens with two attached hydrogens (primary N) is 1.